The molecule has 2 aromatic heterocycles. The van der Waals surface area contributed by atoms with Crippen LogP contribution in [0.15, 0.2) is 18.6 Å². The van der Waals surface area contributed by atoms with Gasteiger partial charge in [-0.05, 0) is 46.0 Å². The number of amides is 1. The van der Waals surface area contributed by atoms with E-state index in [2.05, 4.69) is 9.97 Å². The van der Waals surface area contributed by atoms with Gasteiger partial charge in [0.05, 0.1) is 12.2 Å². The molecule has 2 aliphatic rings. The molecule has 4 rings (SSSR count). The first kappa shape index (κ1) is 15.7. The number of fused-ring (bicyclic) bond motifs is 3. The molecule has 0 aromatic carbocycles. The van der Waals surface area contributed by atoms with Crippen LogP contribution in [0.4, 0.5) is 4.79 Å². The third-order valence-electron chi connectivity index (χ3n) is 4.89. The molecule has 1 saturated carbocycles. The Labute approximate surface area is 145 Å². The lowest BCUT2D eigenvalue weighted by Gasteiger charge is -2.35. The van der Waals surface area contributed by atoms with Crippen molar-refractivity contribution in [3.63, 3.8) is 0 Å². The molecule has 0 radical (unpaired) electrons. The largest absolute Gasteiger partial charge is 0.444 e. The summed E-state index contributed by atoms with van der Waals surface area (Å²) in [4.78, 5) is 23.4. The van der Waals surface area contributed by atoms with Gasteiger partial charge in [0.15, 0.2) is 5.15 Å². The fourth-order valence-corrected chi connectivity index (χ4v) is 4.23. The van der Waals surface area contributed by atoms with Gasteiger partial charge in [-0.3, -0.25) is 9.30 Å². The Hall–Kier alpha value is -1.82. The number of carbonyl (C=O) groups excluding carboxylic acids is 1. The van der Waals surface area contributed by atoms with Crippen molar-refractivity contribution in [1.82, 2.24) is 19.3 Å². The number of halogens is 1. The van der Waals surface area contributed by atoms with Gasteiger partial charge >= 0.3 is 6.09 Å². The van der Waals surface area contributed by atoms with E-state index in [0.717, 1.165) is 30.6 Å². The van der Waals surface area contributed by atoms with E-state index >= 15 is 0 Å². The van der Waals surface area contributed by atoms with Gasteiger partial charge in [0, 0.05) is 18.4 Å². The van der Waals surface area contributed by atoms with Crippen molar-refractivity contribution in [2.24, 2.45) is 5.92 Å². The Morgan fingerprint density at radius 2 is 2.12 bits per heavy atom. The first-order valence-electron chi connectivity index (χ1n) is 8.34. The highest BCUT2D eigenvalue weighted by Crippen LogP contribution is 2.50. The monoisotopic (exact) mass is 348 g/mol. The van der Waals surface area contributed by atoms with Crippen LogP contribution >= 0.6 is 11.6 Å². The van der Waals surface area contributed by atoms with E-state index in [-0.39, 0.29) is 18.2 Å². The highest BCUT2D eigenvalue weighted by molar-refractivity contribution is 6.32. The predicted octanol–water partition coefficient (Wildman–Crippen LogP) is 3.84. The molecule has 2 aromatic rings. The molecule has 2 fully saturated rings. The molecule has 0 unspecified atom stereocenters. The lowest BCUT2D eigenvalue weighted by Crippen LogP contribution is -2.43. The zero-order valence-corrected chi connectivity index (χ0v) is 14.8. The molecule has 3 atom stereocenters. The number of nitrogens with zero attached hydrogens (tertiary/aromatic N) is 4. The first-order chi connectivity index (χ1) is 11.3. The Morgan fingerprint density at radius 1 is 1.33 bits per heavy atom. The second-order valence-corrected chi connectivity index (χ2v) is 8.01. The van der Waals surface area contributed by atoms with Crippen LogP contribution in [0.25, 0.3) is 5.52 Å². The molecular formula is C17H21ClN4O2. The number of piperidine rings is 1. The summed E-state index contributed by atoms with van der Waals surface area (Å²) in [5.41, 5.74) is 0.256. The van der Waals surface area contributed by atoms with E-state index in [1.165, 1.54) is 0 Å². The minimum Gasteiger partial charge on any atom is -0.444 e. The zero-order chi connectivity index (χ0) is 17.1. The fourth-order valence-electron chi connectivity index (χ4n) is 4.03. The molecule has 1 aliphatic carbocycles. The van der Waals surface area contributed by atoms with Gasteiger partial charge in [0.2, 0.25) is 0 Å². The Bertz CT molecular complexity index is 797. The average molecular weight is 349 g/mol. The van der Waals surface area contributed by atoms with Crippen LogP contribution in [0, 0.1) is 5.92 Å². The van der Waals surface area contributed by atoms with Gasteiger partial charge in [0.25, 0.3) is 0 Å². The van der Waals surface area contributed by atoms with Gasteiger partial charge in [-0.1, -0.05) is 11.6 Å². The summed E-state index contributed by atoms with van der Waals surface area (Å²) in [5.74, 6) is 1.26. The van der Waals surface area contributed by atoms with Crippen molar-refractivity contribution in [3.05, 3.63) is 29.6 Å². The third-order valence-corrected chi connectivity index (χ3v) is 5.19. The normalized spacial score (nSPS) is 26.3. The third kappa shape index (κ3) is 2.44. The lowest BCUT2D eigenvalue weighted by atomic mass is 9.98. The maximum Gasteiger partial charge on any atom is 0.411 e. The molecule has 24 heavy (non-hydrogen) atoms. The second-order valence-electron chi connectivity index (χ2n) is 7.65. The molecule has 128 valence electrons. The van der Waals surface area contributed by atoms with Crippen molar-refractivity contribution < 1.29 is 9.53 Å². The Morgan fingerprint density at radius 3 is 2.88 bits per heavy atom. The number of hydrogen-bond donors (Lipinski definition) is 0. The van der Waals surface area contributed by atoms with Crippen LogP contribution in [0.5, 0.6) is 0 Å². The summed E-state index contributed by atoms with van der Waals surface area (Å²) in [5, 5.41) is 0.420. The number of carbonyl (C=O) groups is 1. The first-order valence-corrected chi connectivity index (χ1v) is 8.72. The van der Waals surface area contributed by atoms with Crippen LogP contribution in [-0.4, -0.2) is 37.0 Å². The van der Waals surface area contributed by atoms with E-state index in [4.69, 9.17) is 16.3 Å². The maximum atomic E-state index is 12.8. The zero-order valence-electron chi connectivity index (χ0n) is 14.1. The summed E-state index contributed by atoms with van der Waals surface area (Å²) < 4.78 is 7.59. The van der Waals surface area contributed by atoms with Crippen molar-refractivity contribution in [3.8, 4) is 0 Å². The number of rotatable bonds is 1. The molecule has 6 nitrogen and oxygen atoms in total. The number of ether oxygens (including phenoxy) is 1. The van der Waals surface area contributed by atoms with E-state index in [9.17, 15) is 4.79 Å². The summed E-state index contributed by atoms with van der Waals surface area (Å²) in [6, 6.07) is 0.166. The molecule has 1 aliphatic heterocycles. The Balaban J connectivity index is 1.74. The lowest BCUT2D eigenvalue weighted by molar-refractivity contribution is 0.00605. The van der Waals surface area contributed by atoms with Gasteiger partial charge in [-0.15, -0.1) is 0 Å². The molecule has 7 heteroatoms. The molecule has 3 heterocycles. The summed E-state index contributed by atoms with van der Waals surface area (Å²) in [6.07, 6.45) is 8.14. The van der Waals surface area contributed by atoms with Gasteiger partial charge in [-0.2, -0.15) is 0 Å². The van der Waals surface area contributed by atoms with E-state index in [0.29, 0.717) is 11.1 Å². The summed E-state index contributed by atoms with van der Waals surface area (Å²) in [7, 11) is 0. The van der Waals surface area contributed by atoms with E-state index < -0.39 is 5.60 Å². The van der Waals surface area contributed by atoms with Gasteiger partial charge in [0.1, 0.15) is 16.9 Å². The van der Waals surface area contributed by atoms with Crippen molar-refractivity contribution >= 4 is 23.2 Å². The van der Waals surface area contributed by atoms with Crippen molar-refractivity contribution in [1.29, 1.82) is 0 Å². The van der Waals surface area contributed by atoms with Crippen molar-refractivity contribution in [2.75, 3.05) is 0 Å². The highest BCUT2D eigenvalue weighted by Gasteiger charge is 2.51. The van der Waals surface area contributed by atoms with Crippen molar-refractivity contribution in [2.45, 2.75) is 57.7 Å². The molecule has 0 spiro atoms. The molecule has 1 amide bonds. The average Bonchev–Trinajstić information content (AvgIpc) is 3.18. The quantitative estimate of drug-likeness (QED) is 0.785. The van der Waals surface area contributed by atoms with Crippen LogP contribution < -0.4 is 0 Å². The van der Waals surface area contributed by atoms with E-state index in [1.54, 1.807) is 12.4 Å². The smallest absolute Gasteiger partial charge is 0.411 e. The maximum absolute atomic E-state index is 12.8. The highest BCUT2D eigenvalue weighted by atomic mass is 35.5. The summed E-state index contributed by atoms with van der Waals surface area (Å²) in [6.45, 7) is 5.68. The van der Waals surface area contributed by atoms with Crippen LogP contribution in [0.1, 0.15) is 51.9 Å². The van der Waals surface area contributed by atoms with Gasteiger partial charge in [-0.25, -0.2) is 14.8 Å². The Kier molecular flexibility index (Phi) is 3.49. The number of imidazole rings is 1. The minimum atomic E-state index is -0.509. The number of likely N-dealkylation sites (tertiary alicyclic amines) is 1. The second kappa shape index (κ2) is 5.34. The fraction of sp³-hybridized carbons (Fsp3) is 0.588. The topological polar surface area (TPSA) is 59.7 Å². The van der Waals surface area contributed by atoms with Gasteiger partial charge < -0.3 is 4.74 Å². The molecule has 2 bridgehead atoms. The number of hydrogen-bond acceptors (Lipinski definition) is 4. The number of aromatic nitrogens is 3. The molecular weight excluding hydrogens is 328 g/mol. The van der Waals surface area contributed by atoms with Crippen LogP contribution in [0.3, 0.4) is 0 Å². The SMILES string of the molecule is CC(C)(C)OC(=O)N1[C@@H]2CC[C@@H](C2)[C@H]1c1ncc2c(Cl)nccn12. The standard InChI is InChI=1S/C17H21ClN4O2/c1-17(2,3)24-16(23)22-11-5-4-10(8-11)13(22)15-20-9-12-14(18)19-6-7-21(12)15/h6-7,9-11,13H,4-5,8H2,1-3H3/t10-,11+,13-/m0/s1. The molecule has 0 N–H and O–H groups in total. The summed E-state index contributed by atoms with van der Waals surface area (Å²) >= 11 is 6.16. The van der Waals surface area contributed by atoms with E-state index in [1.807, 2.05) is 36.3 Å². The van der Waals surface area contributed by atoms with Crippen LogP contribution in [-0.2, 0) is 4.74 Å². The minimum absolute atomic E-state index is 0.0698. The molecule has 1 saturated heterocycles. The predicted molar refractivity (Wildman–Crippen MR) is 89.9 cm³/mol. The van der Waals surface area contributed by atoms with Crippen LogP contribution in [0.2, 0.25) is 5.15 Å².